The fraction of sp³-hybridized carbons (Fsp3) is 0.276. The van der Waals surface area contributed by atoms with E-state index in [1.165, 1.54) is 20.2 Å². The van der Waals surface area contributed by atoms with E-state index in [1.54, 1.807) is 6.07 Å². The number of fused-ring (bicyclic) bond motifs is 4. The van der Waals surface area contributed by atoms with Crippen molar-refractivity contribution in [3.63, 3.8) is 0 Å². The number of hydrogen-bond acceptors (Lipinski definition) is 6. The molecule has 1 saturated heterocycles. The third kappa shape index (κ3) is 4.36. The van der Waals surface area contributed by atoms with E-state index in [1.807, 2.05) is 18.2 Å². The molecule has 1 atom stereocenters. The number of aromatic nitrogens is 2. The Morgan fingerprint density at radius 3 is 2.67 bits per heavy atom. The van der Waals surface area contributed by atoms with Crippen LogP contribution >= 0.6 is 0 Å². The normalized spacial score (nSPS) is 16.6. The molecule has 0 radical (unpaired) electrons. The number of likely N-dealkylation sites (N-methyl/N-ethyl adjacent to an activating group) is 1. The molecule has 0 spiro atoms. The van der Waals surface area contributed by atoms with E-state index in [0.29, 0.717) is 29.2 Å². The highest BCUT2D eigenvalue weighted by molar-refractivity contribution is 6.00. The predicted molar refractivity (Wildman–Crippen MR) is 147 cm³/mol. The molecule has 0 saturated carbocycles. The molecule has 4 aromatic rings. The zero-order chi connectivity index (χ0) is 28.1. The van der Waals surface area contributed by atoms with Crippen molar-refractivity contribution < 1.29 is 23.0 Å². The molecule has 9 nitrogen and oxygen atoms in total. The van der Waals surface area contributed by atoms with Gasteiger partial charge in [-0.15, -0.1) is 0 Å². The summed E-state index contributed by atoms with van der Waals surface area (Å²) < 4.78 is 41.7. The van der Waals surface area contributed by atoms with Crippen molar-refractivity contribution in [2.24, 2.45) is 0 Å². The summed E-state index contributed by atoms with van der Waals surface area (Å²) in [6, 6.07) is 11.1. The Morgan fingerprint density at radius 1 is 1.18 bits per heavy atom. The Kier molecular flexibility index (Phi) is 6.27. The molecule has 11 heteroatoms. The van der Waals surface area contributed by atoms with E-state index in [-0.39, 0.29) is 22.6 Å². The Bertz CT molecular complexity index is 1670. The number of nitrogens with zero attached hydrogens (tertiary/aromatic N) is 5. The Morgan fingerprint density at radius 2 is 1.95 bits per heavy atom. The molecule has 0 bridgehead atoms. The lowest BCUT2D eigenvalue weighted by molar-refractivity contribution is 0.171. The quantitative estimate of drug-likeness (QED) is 0.353. The molecule has 204 valence electrons. The molecule has 2 aliphatic rings. The van der Waals surface area contributed by atoms with Gasteiger partial charge in [0.1, 0.15) is 29.7 Å². The summed E-state index contributed by atoms with van der Waals surface area (Å²) in [6.45, 7) is 11.0. The van der Waals surface area contributed by atoms with Gasteiger partial charge in [-0.25, -0.2) is 18.4 Å². The van der Waals surface area contributed by atoms with Crippen LogP contribution in [0, 0.1) is 18.2 Å². The number of halogens is 2. The number of amides is 1. The van der Waals surface area contributed by atoms with Crippen molar-refractivity contribution in [3.8, 4) is 33.9 Å². The van der Waals surface area contributed by atoms with Crippen LogP contribution in [0.5, 0.6) is 11.5 Å². The summed E-state index contributed by atoms with van der Waals surface area (Å²) in [5.74, 6) is -1.43. The van der Waals surface area contributed by atoms with Gasteiger partial charge in [-0.05, 0) is 30.8 Å². The molecule has 40 heavy (non-hydrogen) atoms. The molecule has 1 amide bonds. The number of H-pyrrole nitrogens is 1. The monoisotopic (exact) mass is 544 g/mol. The van der Waals surface area contributed by atoms with Crippen LogP contribution in [0.15, 0.2) is 42.5 Å². The molecule has 1 unspecified atom stereocenters. The van der Waals surface area contributed by atoms with Gasteiger partial charge >= 0.3 is 6.09 Å². The molecule has 1 fully saturated rings. The lowest BCUT2D eigenvalue weighted by Gasteiger charge is -2.44. The van der Waals surface area contributed by atoms with Crippen molar-refractivity contribution in [3.05, 3.63) is 65.5 Å². The first-order chi connectivity index (χ1) is 19.2. The molecule has 0 aliphatic carbocycles. The van der Waals surface area contributed by atoms with Crippen LogP contribution in [-0.4, -0.2) is 79.5 Å². The van der Waals surface area contributed by atoms with Crippen LogP contribution in [-0.2, 0) is 0 Å². The van der Waals surface area contributed by atoms with E-state index >= 15 is 8.78 Å². The highest BCUT2D eigenvalue weighted by atomic mass is 19.1. The van der Waals surface area contributed by atoms with Gasteiger partial charge in [0, 0.05) is 62.4 Å². The first-order valence-electron chi connectivity index (χ1n) is 12.7. The maximum atomic E-state index is 15.3. The summed E-state index contributed by atoms with van der Waals surface area (Å²) in [7, 11) is 5.03. The van der Waals surface area contributed by atoms with Crippen LogP contribution in [0.1, 0.15) is 0 Å². The molecular weight excluding hydrogens is 518 g/mol. The Labute approximate surface area is 229 Å². The maximum absolute atomic E-state index is 15.3. The van der Waals surface area contributed by atoms with Gasteiger partial charge in [0.05, 0.1) is 29.5 Å². The lowest BCUT2D eigenvalue weighted by Crippen LogP contribution is -2.56. The largest absolute Gasteiger partial charge is 0.489 e. The predicted octanol–water partition coefficient (Wildman–Crippen LogP) is 5.30. The van der Waals surface area contributed by atoms with Gasteiger partial charge < -0.3 is 24.2 Å². The number of hydrogen-bond donors (Lipinski definition) is 1. The Hall–Kier alpha value is -4.69. The maximum Gasteiger partial charge on any atom is 0.414 e. The van der Waals surface area contributed by atoms with Crippen molar-refractivity contribution in [1.29, 1.82) is 0 Å². The number of carbonyl (C=O) groups excluding carboxylic acids is 1. The van der Waals surface area contributed by atoms with Gasteiger partial charge in [-0.1, -0.05) is 12.1 Å². The average Bonchev–Trinajstić information content (AvgIpc) is 3.34. The van der Waals surface area contributed by atoms with Crippen LogP contribution in [0.4, 0.5) is 25.0 Å². The Balaban J connectivity index is 1.40. The summed E-state index contributed by atoms with van der Waals surface area (Å²) in [5, 5.41) is 8.01. The summed E-state index contributed by atoms with van der Waals surface area (Å²) >= 11 is 0. The minimum Gasteiger partial charge on any atom is -0.489 e. The molecule has 3 heterocycles. The average molecular weight is 545 g/mol. The molecule has 2 aliphatic heterocycles. The zero-order valence-corrected chi connectivity index (χ0v) is 22.2. The van der Waals surface area contributed by atoms with Crippen molar-refractivity contribution in [1.82, 2.24) is 20.0 Å². The van der Waals surface area contributed by atoms with E-state index in [9.17, 15) is 4.79 Å². The fourth-order valence-corrected chi connectivity index (χ4v) is 5.29. The topological polar surface area (TPSA) is 78.3 Å². The molecule has 1 aromatic heterocycles. The zero-order valence-electron chi connectivity index (χ0n) is 22.2. The fourth-order valence-electron chi connectivity index (χ4n) is 5.29. The SMILES string of the molecule is [C-]#[N+]c1cc2[nH]nc(-c3ccc4c(c3)OCC3CN(C)CCN43)c2cc1-c1c(F)cc(OC(=O)N(C)C)cc1F. The number of ether oxygens (including phenoxy) is 2. The second kappa shape index (κ2) is 9.81. The highest BCUT2D eigenvalue weighted by Crippen LogP contribution is 2.43. The van der Waals surface area contributed by atoms with Crippen LogP contribution in [0.3, 0.4) is 0 Å². The van der Waals surface area contributed by atoms with Gasteiger partial charge in [-0.2, -0.15) is 5.10 Å². The van der Waals surface area contributed by atoms with Gasteiger partial charge in [0.15, 0.2) is 5.69 Å². The molecule has 1 N–H and O–H groups in total. The minimum absolute atomic E-state index is 0.0495. The second-order valence-electron chi connectivity index (χ2n) is 10.2. The number of nitrogens with one attached hydrogen (secondary N) is 1. The van der Waals surface area contributed by atoms with Crippen LogP contribution in [0.2, 0.25) is 0 Å². The number of piperazine rings is 1. The van der Waals surface area contributed by atoms with Gasteiger partial charge in [0.25, 0.3) is 0 Å². The number of rotatable bonds is 3. The van der Waals surface area contributed by atoms with Gasteiger partial charge in [0.2, 0.25) is 0 Å². The van der Waals surface area contributed by atoms with Crippen LogP contribution < -0.4 is 14.4 Å². The van der Waals surface area contributed by atoms with E-state index in [0.717, 1.165) is 53.7 Å². The number of carbonyl (C=O) groups is 1. The minimum atomic E-state index is -0.959. The summed E-state index contributed by atoms with van der Waals surface area (Å²) in [4.78, 5) is 21.2. The summed E-state index contributed by atoms with van der Waals surface area (Å²) in [6.07, 6.45) is -0.768. The molecule has 3 aromatic carbocycles. The lowest BCUT2D eigenvalue weighted by atomic mass is 9.98. The smallest absolute Gasteiger partial charge is 0.414 e. The third-order valence-electron chi connectivity index (χ3n) is 7.31. The van der Waals surface area contributed by atoms with Crippen molar-refractivity contribution >= 4 is 28.4 Å². The highest BCUT2D eigenvalue weighted by Gasteiger charge is 2.32. The summed E-state index contributed by atoms with van der Waals surface area (Å²) in [5.41, 5.74) is 2.65. The third-order valence-corrected chi connectivity index (χ3v) is 7.31. The molecule has 6 rings (SSSR count). The van der Waals surface area contributed by atoms with Crippen molar-refractivity contribution in [2.75, 3.05) is 52.3 Å². The van der Waals surface area contributed by atoms with E-state index < -0.39 is 17.7 Å². The van der Waals surface area contributed by atoms with E-state index in [4.69, 9.17) is 16.0 Å². The number of anilines is 1. The standard InChI is InChI=1S/C29H26F2N6O3/c1-32-23-13-24-20(12-19(23)27-21(30)10-18(11-22(27)31)40-29(38)35(2)3)28(34-33-24)16-5-6-25-26(9-16)39-15-17-14-36(4)7-8-37(17)25/h5-6,9-13,17H,7-8,14-15H2,2-4H3,(H,33,34). The number of aromatic amines is 1. The first-order valence-corrected chi connectivity index (χ1v) is 12.7. The first kappa shape index (κ1) is 25.6. The van der Waals surface area contributed by atoms with Crippen LogP contribution in [0.25, 0.3) is 38.1 Å². The van der Waals surface area contributed by atoms with Gasteiger partial charge in [-0.3, -0.25) is 5.10 Å². The number of benzene rings is 3. The second-order valence-corrected chi connectivity index (χ2v) is 10.2. The van der Waals surface area contributed by atoms with E-state index in [2.05, 4.69) is 31.9 Å². The molecular formula is C29H26F2N6O3. The van der Waals surface area contributed by atoms with Crippen molar-refractivity contribution in [2.45, 2.75) is 6.04 Å².